The molecule has 0 saturated heterocycles. The van der Waals surface area contributed by atoms with Crippen molar-refractivity contribution in [2.45, 2.75) is 13.3 Å². The van der Waals surface area contributed by atoms with Crippen LogP contribution in [0.15, 0.2) is 18.3 Å². The van der Waals surface area contributed by atoms with Gasteiger partial charge in [0, 0.05) is 13.2 Å². The number of tetrazole rings is 1. The number of rotatable bonds is 3. The summed E-state index contributed by atoms with van der Waals surface area (Å²) in [6.45, 7) is 2.06. The van der Waals surface area contributed by atoms with Gasteiger partial charge in [0.15, 0.2) is 11.5 Å². The molecule has 0 aliphatic rings. The fraction of sp³-hybridized carbons (Fsp3) is 0.300. The van der Waals surface area contributed by atoms with E-state index in [4.69, 9.17) is 0 Å². The molecule has 0 bridgehead atoms. The molecule has 92 valence electrons. The average molecular weight is 244 g/mol. The molecule has 3 aromatic rings. The molecule has 0 atom stereocenters. The second-order valence-electron chi connectivity index (χ2n) is 3.89. The third-order valence-electron chi connectivity index (χ3n) is 2.57. The Morgan fingerprint density at radius 1 is 1.28 bits per heavy atom. The summed E-state index contributed by atoms with van der Waals surface area (Å²) in [5, 5.41) is 22.9. The lowest BCUT2D eigenvalue weighted by atomic mass is 10.3. The van der Waals surface area contributed by atoms with E-state index in [1.807, 2.05) is 19.3 Å². The van der Waals surface area contributed by atoms with Crippen LogP contribution in [0, 0.1) is 0 Å². The quantitative estimate of drug-likeness (QED) is 0.724. The molecule has 8 nitrogen and oxygen atoms in total. The topological polar surface area (TPSA) is 85.8 Å². The van der Waals surface area contributed by atoms with Crippen LogP contribution in [-0.2, 0) is 13.5 Å². The lowest BCUT2D eigenvalue weighted by Crippen LogP contribution is -2.01. The minimum atomic E-state index is 0.613. The molecule has 0 aromatic carbocycles. The SMILES string of the molecule is CCc1nn(C)cc1Nc1ccc2nnnn2n1. The van der Waals surface area contributed by atoms with E-state index >= 15 is 0 Å². The predicted octanol–water partition coefficient (Wildman–Crippen LogP) is 0.559. The van der Waals surface area contributed by atoms with E-state index < -0.39 is 0 Å². The van der Waals surface area contributed by atoms with Crippen LogP contribution in [0.2, 0.25) is 0 Å². The molecule has 0 spiro atoms. The molecule has 3 aromatic heterocycles. The highest BCUT2D eigenvalue weighted by atomic mass is 15.6. The number of nitrogens with zero attached hydrogens (tertiary/aromatic N) is 7. The Morgan fingerprint density at radius 2 is 2.17 bits per heavy atom. The van der Waals surface area contributed by atoms with E-state index in [0.29, 0.717) is 11.5 Å². The Hall–Kier alpha value is -2.51. The van der Waals surface area contributed by atoms with Gasteiger partial charge in [-0.1, -0.05) is 6.92 Å². The molecule has 0 radical (unpaired) electrons. The first-order valence-electron chi connectivity index (χ1n) is 5.61. The summed E-state index contributed by atoms with van der Waals surface area (Å²) in [5.41, 5.74) is 2.55. The van der Waals surface area contributed by atoms with Crippen molar-refractivity contribution >= 4 is 17.2 Å². The molecule has 0 fully saturated rings. The van der Waals surface area contributed by atoms with Crippen LogP contribution < -0.4 is 5.32 Å². The minimum absolute atomic E-state index is 0.613. The number of aryl methyl sites for hydroxylation is 2. The van der Waals surface area contributed by atoms with Crippen LogP contribution >= 0.6 is 0 Å². The van der Waals surface area contributed by atoms with Gasteiger partial charge in [-0.05, 0) is 29.0 Å². The first kappa shape index (κ1) is 10.6. The van der Waals surface area contributed by atoms with Crippen LogP contribution in [0.1, 0.15) is 12.6 Å². The summed E-state index contributed by atoms with van der Waals surface area (Å²) in [6, 6.07) is 3.63. The molecule has 0 amide bonds. The Bertz CT molecular complexity index is 682. The minimum Gasteiger partial charge on any atom is -0.336 e. The van der Waals surface area contributed by atoms with Crippen molar-refractivity contribution in [3.05, 3.63) is 24.0 Å². The molecule has 0 aliphatic heterocycles. The van der Waals surface area contributed by atoms with Gasteiger partial charge in [0.1, 0.15) is 0 Å². The molecule has 8 heteroatoms. The van der Waals surface area contributed by atoms with Crippen molar-refractivity contribution in [3.8, 4) is 0 Å². The van der Waals surface area contributed by atoms with Crippen molar-refractivity contribution in [2.24, 2.45) is 7.05 Å². The number of anilines is 2. The van der Waals surface area contributed by atoms with Crippen LogP contribution in [0.5, 0.6) is 0 Å². The van der Waals surface area contributed by atoms with Crippen LogP contribution in [0.4, 0.5) is 11.5 Å². The standard InChI is InChI=1S/C10H12N8/c1-3-7-8(6-17(2)13-7)11-9-4-5-10-12-15-16-18(10)14-9/h4-6H,3H2,1-2H3,(H,11,14). The fourth-order valence-corrected chi connectivity index (χ4v) is 1.75. The lowest BCUT2D eigenvalue weighted by molar-refractivity contribution is 0.736. The predicted molar refractivity (Wildman–Crippen MR) is 64.4 cm³/mol. The number of hydrogen-bond donors (Lipinski definition) is 1. The molecule has 1 N–H and O–H groups in total. The number of nitrogens with one attached hydrogen (secondary N) is 1. The Kier molecular flexibility index (Phi) is 2.40. The van der Waals surface area contributed by atoms with E-state index in [2.05, 4.69) is 38.0 Å². The monoisotopic (exact) mass is 244 g/mol. The second kappa shape index (κ2) is 4.06. The lowest BCUT2D eigenvalue weighted by Gasteiger charge is -2.03. The normalized spacial score (nSPS) is 11.0. The van der Waals surface area contributed by atoms with Gasteiger partial charge in [-0.2, -0.15) is 5.10 Å². The fourth-order valence-electron chi connectivity index (χ4n) is 1.75. The van der Waals surface area contributed by atoms with Gasteiger partial charge in [0.25, 0.3) is 0 Å². The first-order valence-corrected chi connectivity index (χ1v) is 5.61. The maximum Gasteiger partial charge on any atom is 0.200 e. The number of fused-ring (bicyclic) bond motifs is 1. The van der Waals surface area contributed by atoms with Gasteiger partial charge in [-0.3, -0.25) is 4.68 Å². The maximum absolute atomic E-state index is 4.36. The summed E-state index contributed by atoms with van der Waals surface area (Å²) in [7, 11) is 1.89. The van der Waals surface area contributed by atoms with E-state index in [9.17, 15) is 0 Å². The third-order valence-corrected chi connectivity index (χ3v) is 2.57. The van der Waals surface area contributed by atoms with Crippen molar-refractivity contribution in [3.63, 3.8) is 0 Å². The molecule has 0 saturated carbocycles. The maximum atomic E-state index is 4.36. The highest BCUT2D eigenvalue weighted by Crippen LogP contribution is 2.18. The molecular formula is C10H12N8. The molecule has 3 heterocycles. The zero-order valence-corrected chi connectivity index (χ0v) is 10.1. The summed E-state index contributed by atoms with van der Waals surface area (Å²) in [5.74, 6) is 0.678. The molecule has 0 unspecified atom stereocenters. The Balaban J connectivity index is 1.95. The highest BCUT2D eigenvalue weighted by Gasteiger charge is 2.07. The van der Waals surface area contributed by atoms with Crippen molar-refractivity contribution in [1.82, 2.24) is 35.0 Å². The summed E-state index contributed by atoms with van der Waals surface area (Å²) in [4.78, 5) is 0. The van der Waals surface area contributed by atoms with E-state index in [-0.39, 0.29) is 0 Å². The Labute approximate surface area is 103 Å². The number of aromatic nitrogens is 7. The molecule has 0 aliphatic carbocycles. The van der Waals surface area contributed by atoms with Gasteiger partial charge in [0.05, 0.1) is 11.4 Å². The smallest absolute Gasteiger partial charge is 0.200 e. The summed E-state index contributed by atoms with van der Waals surface area (Å²) < 4.78 is 3.15. The van der Waals surface area contributed by atoms with Gasteiger partial charge in [0.2, 0.25) is 0 Å². The van der Waals surface area contributed by atoms with Gasteiger partial charge >= 0.3 is 0 Å². The van der Waals surface area contributed by atoms with Crippen LogP contribution in [0.25, 0.3) is 5.65 Å². The van der Waals surface area contributed by atoms with E-state index in [0.717, 1.165) is 17.8 Å². The van der Waals surface area contributed by atoms with Crippen molar-refractivity contribution in [2.75, 3.05) is 5.32 Å². The van der Waals surface area contributed by atoms with Gasteiger partial charge < -0.3 is 5.32 Å². The second-order valence-corrected chi connectivity index (χ2v) is 3.89. The highest BCUT2D eigenvalue weighted by molar-refractivity contribution is 5.58. The van der Waals surface area contributed by atoms with Crippen LogP contribution in [-0.4, -0.2) is 35.0 Å². The molecular weight excluding hydrogens is 232 g/mol. The number of hydrogen-bond acceptors (Lipinski definition) is 6. The summed E-state index contributed by atoms with van der Waals surface area (Å²) in [6.07, 6.45) is 2.78. The van der Waals surface area contributed by atoms with Gasteiger partial charge in [-0.15, -0.1) is 14.8 Å². The van der Waals surface area contributed by atoms with E-state index in [1.165, 1.54) is 4.63 Å². The zero-order chi connectivity index (χ0) is 12.5. The average Bonchev–Trinajstić information content (AvgIpc) is 2.95. The third kappa shape index (κ3) is 1.77. The Morgan fingerprint density at radius 3 is 3.00 bits per heavy atom. The molecule has 18 heavy (non-hydrogen) atoms. The first-order chi connectivity index (χ1) is 8.76. The van der Waals surface area contributed by atoms with Crippen molar-refractivity contribution < 1.29 is 0 Å². The molecule has 3 rings (SSSR count). The van der Waals surface area contributed by atoms with Crippen LogP contribution in [0.3, 0.4) is 0 Å². The zero-order valence-electron chi connectivity index (χ0n) is 10.1. The van der Waals surface area contributed by atoms with E-state index in [1.54, 1.807) is 10.7 Å². The summed E-state index contributed by atoms with van der Waals surface area (Å²) >= 11 is 0. The largest absolute Gasteiger partial charge is 0.336 e. The van der Waals surface area contributed by atoms with Gasteiger partial charge in [-0.25, -0.2) is 0 Å². The van der Waals surface area contributed by atoms with Crippen molar-refractivity contribution in [1.29, 1.82) is 0 Å².